The maximum atomic E-state index is 12.2. The molecule has 1 aromatic carbocycles. The van der Waals surface area contributed by atoms with Crippen LogP contribution in [0.3, 0.4) is 0 Å². The summed E-state index contributed by atoms with van der Waals surface area (Å²) >= 11 is 3.27. The van der Waals surface area contributed by atoms with Crippen molar-refractivity contribution in [1.82, 2.24) is 4.98 Å². The van der Waals surface area contributed by atoms with Crippen molar-refractivity contribution >= 4 is 32.8 Å². The number of carbonyl (C=O) groups is 1. The van der Waals surface area contributed by atoms with Crippen LogP contribution in [0.1, 0.15) is 11.8 Å². The largest absolute Gasteiger partial charge is 0.490 e. The first-order valence-corrected chi connectivity index (χ1v) is 6.16. The molecule has 106 valence electrons. The van der Waals surface area contributed by atoms with Gasteiger partial charge in [0.1, 0.15) is 0 Å². The molecule has 2 aromatic rings. The zero-order valence-corrected chi connectivity index (χ0v) is 11.4. The molecule has 20 heavy (non-hydrogen) atoms. The first-order chi connectivity index (χ1) is 9.30. The number of alkyl halides is 3. The monoisotopic (exact) mass is 348 g/mol. The number of hydrogen-bond donors (Lipinski definition) is 1. The summed E-state index contributed by atoms with van der Waals surface area (Å²) in [5.41, 5.74) is 6.28. The van der Waals surface area contributed by atoms with Crippen LogP contribution in [0.4, 0.5) is 13.2 Å². The van der Waals surface area contributed by atoms with Crippen molar-refractivity contribution in [3.63, 3.8) is 0 Å². The number of halogens is 4. The van der Waals surface area contributed by atoms with Gasteiger partial charge in [-0.3, -0.25) is 10.7 Å². The van der Waals surface area contributed by atoms with Gasteiger partial charge in [0.2, 0.25) is 0 Å². The summed E-state index contributed by atoms with van der Waals surface area (Å²) in [4.78, 5) is 14.9. The summed E-state index contributed by atoms with van der Waals surface area (Å²) in [6.45, 7) is 0. The van der Waals surface area contributed by atoms with E-state index in [4.69, 9.17) is 5.73 Å². The molecule has 2 N–H and O–H groups in total. The van der Waals surface area contributed by atoms with Gasteiger partial charge in [0.05, 0.1) is 5.52 Å². The fourth-order valence-corrected chi connectivity index (χ4v) is 2.12. The number of nitrogens with zero attached hydrogens (tertiary/aromatic N) is 1. The molecule has 0 spiro atoms. The Morgan fingerprint density at radius 1 is 1.35 bits per heavy atom. The van der Waals surface area contributed by atoms with Gasteiger partial charge >= 0.3 is 12.1 Å². The summed E-state index contributed by atoms with van der Waals surface area (Å²) < 4.78 is 41.3. The quantitative estimate of drug-likeness (QED) is 0.669. The molecule has 0 bridgehead atoms. The van der Waals surface area contributed by atoms with Gasteiger partial charge in [-0.2, -0.15) is 13.2 Å². The third kappa shape index (κ3) is 2.91. The Kier molecular flexibility index (Phi) is 3.96. The minimum absolute atomic E-state index is 0.244. The van der Waals surface area contributed by atoms with Crippen LogP contribution in [0.2, 0.25) is 0 Å². The highest BCUT2D eigenvalue weighted by Gasteiger charge is 2.42. The van der Waals surface area contributed by atoms with E-state index in [1.54, 1.807) is 18.2 Å². The van der Waals surface area contributed by atoms with Gasteiger partial charge in [-0.15, -0.1) is 0 Å². The fourth-order valence-electron chi connectivity index (χ4n) is 1.66. The number of benzene rings is 1. The van der Waals surface area contributed by atoms with E-state index < -0.39 is 18.4 Å². The molecule has 0 saturated carbocycles. The summed E-state index contributed by atoms with van der Waals surface area (Å²) in [6.07, 6.45) is -5.23. The summed E-state index contributed by atoms with van der Waals surface area (Å²) in [6, 6.07) is 6.44. The molecule has 0 aliphatic rings. The van der Waals surface area contributed by atoms with Crippen LogP contribution in [-0.2, 0) is 9.53 Å². The number of nitrogens with two attached hydrogens (primary N) is 1. The molecular weight excluding hydrogens is 341 g/mol. The average molecular weight is 349 g/mol. The van der Waals surface area contributed by atoms with Crippen molar-refractivity contribution in [2.75, 3.05) is 0 Å². The van der Waals surface area contributed by atoms with Crippen LogP contribution in [-0.4, -0.2) is 17.1 Å². The van der Waals surface area contributed by atoms with E-state index >= 15 is 0 Å². The SMILES string of the molecule is NC(OC(=O)C(F)(F)F)c1ccnc2c(Br)cccc12. The van der Waals surface area contributed by atoms with Gasteiger partial charge < -0.3 is 4.74 Å². The highest BCUT2D eigenvalue weighted by Crippen LogP contribution is 2.28. The lowest BCUT2D eigenvalue weighted by Crippen LogP contribution is -2.30. The van der Waals surface area contributed by atoms with E-state index in [1.165, 1.54) is 12.3 Å². The number of rotatable bonds is 2. The molecular formula is C12H8BrF3N2O2. The van der Waals surface area contributed by atoms with Crippen LogP contribution in [0.25, 0.3) is 10.9 Å². The Labute approximate surface area is 119 Å². The molecule has 2 rings (SSSR count). The van der Waals surface area contributed by atoms with E-state index in [9.17, 15) is 18.0 Å². The molecule has 0 aliphatic heterocycles. The topological polar surface area (TPSA) is 65.2 Å². The minimum atomic E-state index is -5.08. The average Bonchev–Trinajstić information content (AvgIpc) is 2.37. The predicted molar refractivity (Wildman–Crippen MR) is 68.5 cm³/mol. The second-order valence-electron chi connectivity index (χ2n) is 3.86. The second-order valence-corrected chi connectivity index (χ2v) is 4.71. The van der Waals surface area contributed by atoms with E-state index in [1.807, 2.05) is 0 Å². The van der Waals surface area contributed by atoms with Crippen molar-refractivity contribution in [2.45, 2.75) is 12.4 Å². The normalized spacial score (nSPS) is 13.2. The van der Waals surface area contributed by atoms with Gasteiger partial charge in [-0.05, 0) is 28.1 Å². The van der Waals surface area contributed by atoms with Crippen LogP contribution in [0.5, 0.6) is 0 Å². The van der Waals surface area contributed by atoms with Crippen molar-refractivity contribution < 1.29 is 22.7 Å². The standard InChI is InChI=1S/C12H8BrF3N2O2/c13-8-3-1-2-6-7(4-5-18-9(6)8)10(17)20-11(19)12(14,15)16/h1-5,10H,17H2. The molecule has 0 amide bonds. The Bertz CT molecular complexity index is 661. The Hall–Kier alpha value is -1.67. The van der Waals surface area contributed by atoms with Crippen molar-refractivity contribution in [3.8, 4) is 0 Å². The van der Waals surface area contributed by atoms with Crippen LogP contribution < -0.4 is 5.73 Å². The first kappa shape index (κ1) is 14.7. The van der Waals surface area contributed by atoms with Gasteiger partial charge in [-0.1, -0.05) is 12.1 Å². The number of fused-ring (bicyclic) bond motifs is 1. The third-order valence-corrected chi connectivity index (χ3v) is 3.17. The number of pyridine rings is 1. The highest BCUT2D eigenvalue weighted by molar-refractivity contribution is 9.10. The molecule has 0 fully saturated rings. The number of hydrogen-bond acceptors (Lipinski definition) is 4. The Morgan fingerprint density at radius 2 is 2.05 bits per heavy atom. The van der Waals surface area contributed by atoms with Gasteiger partial charge in [-0.25, -0.2) is 4.79 Å². The Balaban J connectivity index is 2.38. The van der Waals surface area contributed by atoms with Gasteiger partial charge in [0.15, 0.2) is 6.23 Å². The highest BCUT2D eigenvalue weighted by atomic mass is 79.9. The predicted octanol–water partition coefficient (Wildman–Crippen LogP) is 3.06. The first-order valence-electron chi connectivity index (χ1n) is 5.37. The Morgan fingerprint density at radius 3 is 2.70 bits per heavy atom. The van der Waals surface area contributed by atoms with Crippen LogP contribution >= 0.6 is 15.9 Å². The van der Waals surface area contributed by atoms with Crippen molar-refractivity contribution in [2.24, 2.45) is 5.73 Å². The van der Waals surface area contributed by atoms with E-state index in [0.29, 0.717) is 15.4 Å². The third-order valence-electron chi connectivity index (χ3n) is 2.53. The number of para-hydroxylation sites is 1. The molecule has 0 aliphatic carbocycles. The lowest BCUT2D eigenvalue weighted by atomic mass is 10.1. The number of aromatic nitrogens is 1. The minimum Gasteiger partial charge on any atom is -0.436 e. The molecule has 4 nitrogen and oxygen atoms in total. The van der Waals surface area contributed by atoms with E-state index in [0.717, 1.165) is 0 Å². The molecule has 0 radical (unpaired) electrons. The maximum absolute atomic E-state index is 12.2. The van der Waals surface area contributed by atoms with Crippen LogP contribution in [0.15, 0.2) is 34.9 Å². The smallest absolute Gasteiger partial charge is 0.436 e. The lowest BCUT2D eigenvalue weighted by molar-refractivity contribution is -0.205. The molecule has 1 unspecified atom stereocenters. The van der Waals surface area contributed by atoms with Crippen molar-refractivity contribution in [1.29, 1.82) is 0 Å². The lowest BCUT2D eigenvalue weighted by Gasteiger charge is -2.16. The summed E-state index contributed by atoms with van der Waals surface area (Å²) in [5.74, 6) is -2.33. The number of carbonyl (C=O) groups excluding carboxylic acids is 1. The number of esters is 1. The fraction of sp³-hybridized carbons (Fsp3) is 0.167. The molecule has 0 saturated heterocycles. The zero-order chi connectivity index (χ0) is 14.9. The van der Waals surface area contributed by atoms with Gasteiger partial charge in [0.25, 0.3) is 0 Å². The van der Waals surface area contributed by atoms with Crippen molar-refractivity contribution in [3.05, 3.63) is 40.5 Å². The van der Waals surface area contributed by atoms with Gasteiger partial charge in [0, 0.05) is 21.6 Å². The van der Waals surface area contributed by atoms with Crippen LogP contribution in [0, 0.1) is 0 Å². The summed E-state index contributed by atoms with van der Waals surface area (Å²) in [5, 5.41) is 0.504. The maximum Gasteiger partial charge on any atom is 0.490 e. The van der Waals surface area contributed by atoms with E-state index in [-0.39, 0.29) is 5.56 Å². The molecule has 1 atom stereocenters. The zero-order valence-electron chi connectivity index (χ0n) is 9.82. The second kappa shape index (κ2) is 5.37. The molecule has 1 heterocycles. The number of ether oxygens (including phenoxy) is 1. The summed E-state index contributed by atoms with van der Waals surface area (Å²) in [7, 11) is 0. The molecule has 8 heteroatoms. The molecule has 1 aromatic heterocycles. The van der Waals surface area contributed by atoms with E-state index in [2.05, 4.69) is 25.7 Å².